The molecule has 0 unspecified atom stereocenters. The van der Waals surface area contributed by atoms with Crippen molar-refractivity contribution in [3.63, 3.8) is 0 Å². The average Bonchev–Trinajstić information content (AvgIpc) is 2.66. The van der Waals surface area contributed by atoms with Crippen LogP contribution < -0.4 is 10.8 Å². The lowest BCUT2D eigenvalue weighted by atomic mass is 9.79. The van der Waals surface area contributed by atoms with E-state index in [0.29, 0.717) is 0 Å². The molecule has 0 bridgehead atoms. The highest BCUT2D eigenvalue weighted by atomic mass is 16.7. The maximum Gasteiger partial charge on any atom is 0.494 e. The molecule has 0 atom stereocenters. The Morgan fingerprint density at radius 3 is 2.33 bits per heavy atom. The minimum Gasteiger partial charge on any atom is -0.399 e. The van der Waals surface area contributed by atoms with Crippen LogP contribution >= 0.6 is 0 Å². The minimum absolute atomic E-state index is 0.342. The molecule has 21 heavy (non-hydrogen) atoms. The molecule has 0 amide bonds. The fraction of sp³-hybridized carbons (Fsp3) is 0.467. The van der Waals surface area contributed by atoms with Crippen molar-refractivity contribution in [1.29, 1.82) is 0 Å². The molecule has 1 fully saturated rings. The third-order valence-corrected chi connectivity index (χ3v) is 4.35. The fourth-order valence-electron chi connectivity index (χ4n) is 2.27. The van der Waals surface area contributed by atoms with Crippen molar-refractivity contribution in [1.82, 2.24) is 9.97 Å². The van der Waals surface area contributed by atoms with Crippen molar-refractivity contribution in [3.05, 3.63) is 24.4 Å². The number of nitrogens with zero attached hydrogens (tertiary/aromatic N) is 2. The maximum absolute atomic E-state index is 6.07. The van der Waals surface area contributed by atoms with Gasteiger partial charge in [0.1, 0.15) is 5.82 Å². The van der Waals surface area contributed by atoms with E-state index in [1.807, 2.05) is 52.9 Å². The Kier molecular flexibility index (Phi) is 3.18. The zero-order chi connectivity index (χ0) is 15.3. The van der Waals surface area contributed by atoms with Crippen LogP contribution in [0.4, 0.5) is 5.82 Å². The van der Waals surface area contributed by atoms with E-state index in [9.17, 15) is 0 Å². The highest BCUT2D eigenvalue weighted by Crippen LogP contribution is 2.36. The van der Waals surface area contributed by atoms with Crippen LogP contribution in [-0.4, -0.2) is 35.3 Å². The first-order valence-electron chi connectivity index (χ1n) is 7.12. The van der Waals surface area contributed by atoms with E-state index in [4.69, 9.17) is 9.31 Å². The van der Waals surface area contributed by atoms with E-state index >= 15 is 0 Å². The number of fused-ring (bicyclic) bond motifs is 1. The van der Waals surface area contributed by atoms with Gasteiger partial charge in [0.2, 0.25) is 0 Å². The van der Waals surface area contributed by atoms with Gasteiger partial charge in [0.25, 0.3) is 0 Å². The molecule has 1 aromatic carbocycles. The zero-order valence-electron chi connectivity index (χ0n) is 13.1. The minimum atomic E-state index is -0.376. The second kappa shape index (κ2) is 4.68. The molecular weight excluding hydrogens is 265 g/mol. The van der Waals surface area contributed by atoms with Gasteiger partial charge in [-0.25, -0.2) is 4.98 Å². The number of hydrogen-bond donors (Lipinski definition) is 1. The van der Waals surface area contributed by atoms with E-state index in [0.717, 1.165) is 22.3 Å². The van der Waals surface area contributed by atoms with Gasteiger partial charge < -0.3 is 14.6 Å². The van der Waals surface area contributed by atoms with Gasteiger partial charge in [-0.15, -0.1) is 0 Å². The number of hydrogen-bond acceptors (Lipinski definition) is 5. The molecule has 3 rings (SSSR count). The van der Waals surface area contributed by atoms with Crippen molar-refractivity contribution in [2.24, 2.45) is 0 Å². The van der Waals surface area contributed by atoms with Crippen LogP contribution in [0, 0.1) is 0 Å². The van der Waals surface area contributed by atoms with Gasteiger partial charge in [-0.05, 0) is 45.3 Å². The summed E-state index contributed by atoms with van der Waals surface area (Å²) in [4.78, 5) is 8.88. The Morgan fingerprint density at radius 1 is 1.05 bits per heavy atom. The van der Waals surface area contributed by atoms with Gasteiger partial charge >= 0.3 is 7.12 Å². The lowest BCUT2D eigenvalue weighted by molar-refractivity contribution is 0.00578. The van der Waals surface area contributed by atoms with Crippen molar-refractivity contribution in [2.75, 3.05) is 12.4 Å². The summed E-state index contributed by atoms with van der Waals surface area (Å²) < 4.78 is 12.1. The van der Waals surface area contributed by atoms with Gasteiger partial charge in [0, 0.05) is 7.05 Å². The summed E-state index contributed by atoms with van der Waals surface area (Å²) in [6.45, 7) is 8.19. The van der Waals surface area contributed by atoms with Crippen LogP contribution in [0.1, 0.15) is 27.7 Å². The van der Waals surface area contributed by atoms with Gasteiger partial charge in [0.15, 0.2) is 0 Å². The van der Waals surface area contributed by atoms with Crippen LogP contribution in [0.15, 0.2) is 24.4 Å². The quantitative estimate of drug-likeness (QED) is 0.855. The average molecular weight is 285 g/mol. The first kappa shape index (κ1) is 14.3. The zero-order valence-corrected chi connectivity index (χ0v) is 13.1. The van der Waals surface area contributed by atoms with Crippen molar-refractivity contribution >= 4 is 29.4 Å². The van der Waals surface area contributed by atoms with Crippen molar-refractivity contribution < 1.29 is 9.31 Å². The van der Waals surface area contributed by atoms with Gasteiger partial charge in [-0.2, -0.15) is 0 Å². The highest BCUT2D eigenvalue weighted by Gasteiger charge is 2.51. The van der Waals surface area contributed by atoms with Crippen LogP contribution in [0.25, 0.3) is 11.0 Å². The number of nitrogens with one attached hydrogen (secondary N) is 1. The first-order chi connectivity index (χ1) is 9.82. The predicted molar refractivity (Wildman–Crippen MR) is 84.8 cm³/mol. The second-order valence-electron chi connectivity index (χ2n) is 6.34. The summed E-state index contributed by atoms with van der Waals surface area (Å²) >= 11 is 0. The van der Waals surface area contributed by atoms with Crippen LogP contribution in [0.3, 0.4) is 0 Å². The lowest BCUT2D eigenvalue weighted by Crippen LogP contribution is -2.41. The number of benzene rings is 1. The standard InChI is InChI=1S/C15H20BN3O2/c1-14(2)15(3,4)21-16(20-14)10-6-7-11-12(8-10)19-13(17-5)9-18-11/h6-9H,1-5H3,(H,17,19). The normalized spacial score (nSPS) is 20.0. The second-order valence-corrected chi connectivity index (χ2v) is 6.34. The molecule has 1 aromatic heterocycles. The third-order valence-electron chi connectivity index (χ3n) is 4.35. The summed E-state index contributed by atoms with van der Waals surface area (Å²) in [6, 6.07) is 5.91. The van der Waals surface area contributed by atoms with Crippen molar-refractivity contribution in [2.45, 2.75) is 38.9 Å². The number of aromatic nitrogens is 2. The van der Waals surface area contributed by atoms with E-state index in [1.165, 1.54) is 0 Å². The molecule has 0 spiro atoms. The van der Waals surface area contributed by atoms with Gasteiger partial charge in [-0.3, -0.25) is 4.98 Å². The molecule has 0 radical (unpaired) electrons. The van der Waals surface area contributed by atoms with Crippen LogP contribution in [-0.2, 0) is 9.31 Å². The number of rotatable bonds is 2. The summed E-state index contributed by atoms with van der Waals surface area (Å²) in [5, 5.41) is 3.00. The smallest absolute Gasteiger partial charge is 0.399 e. The molecule has 0 aliphatic carbocycles. The highest BCUT2D eigenvalue weighted by molar-refractivity contribution is 6.62. The Morgan fingerprint density at radius 2 is 1.71 bits per heavy atom. The van der Waals surface area contributed by atoms with Gasteiger partial charge in [-0.1, -0.05) is 6.07 Å². The molecule has 1 aliphatic heterocycles. The molecule has 2 heterocycles. The number of anilines is 1. The molecule has 1 aliphatic rings. The Hall–Kier alpha value is -1.66. The Bertz CT molecular complexity index is 672. The van der Waals surface area contributed by atoms with Crippen LogP contribution in [0.5, 0.6) is 0 Å². The first-order valence-corrected chi connectivity index (χ1v) is 7.12. The monoisotopic (exact) mass is 285 g/mol. The maximum atomic E-state index is 6.07. The molecular formula is C15H20BN3O2. The molecule has 0 saturated carbocycles. The Labute approximate surface area is 125 Å². The Balaban J connectivity index is 1.98. The fourth-order valence-corrected chi connectivity index (χ4v) is 2.27. The summed E-state index contributed by atoms with van der Waals surface area (Å²) in [5.41, 5.74) is 1.96. The molecule has 1 saturated heterocycles. The summed E-state index contributed by atoms with van der Waals surface area (Å²) in [7, 11) is 1.45. The van der Waals surface area contributed by atoms with Crippen LogP contribution in [0.2, 0.25) is 0 Å². The molecule has 6 heteroatoms. The summed E-state index contributed by atoms with van der Waals surface area (Å²) in [5.74, 6) is 0.744. The van der Waals surface area contributed by atoms with Crippen molar-refractivity contribution in [3.8, 4) is 0 Å². The SMILES string of the molecule is CNc1cnc2ccc(B3OC(C)(C)C(C)(C)O3)cc2n1. The predicted octanol–water partition coefficient (Wildman–Crippen LogP) is 1.97. The lowest BCUT2D eigenvalue weighted by Gasteiger charge is -2.32. The summed E-state index contributed by atoms with van der Waals surface area (Å²) in [6.07, 6.45) is 1.72. The largest absolute Gasteiger partial charge is 0.494 e. The van der Waals surface area contributed by atoms with E-state index in [1.54, 1.807) is 6.20 Å². The topological polar surface area (TPSA) is 56.3 Å². The molecule has 1 N–H and O–H groups in total. The molecule has 2 aromatic rings. The third kappa shape index (κ3) is 2.38. The molecule has 110 valence electrons. The van der Waals surface area contributed by atoms with E-state index in [-0.39, 0.29) is 18.3 Å². The van der Waals surface area contributed by atoms with E-state index < -0.39 is 0 Å². The van der Waals surface area contributed by atoms with Gasteiger partial charge in [0.05, 0.1) is 28.4 Å². The molecule has 5 nitrogen and oxygen atoms in total. The van der Waals surface area contributed by atoms with E-state index in [2.05, 4.69) is 15.3 Å².